The van der Waals surface area contributed by atoms with Gasteiger partial charge in [-0.15, -0.1) is 0 Å². The Labute approximate surface area is 126 Å². The van der Waals surface area contributed by atoms with Gasteiger partial charge in [0.25, 0.3) is 0 Å². The van der Waals surface area contributed by atoms with E-state index in [1.165, 1.54) is 0 Å². The summed E-state index contributed by atoms with van der Waals surface area (Å²) in [6.45, 7) is 8.15. The van der Waals surface area contributed by atoms with Crippen LogP contribution in [0.3, 0.4) is 0 Å². The Balaban J connectivity index is 3.03. The third kappa shape index (κ3) is 5.32. The summed E-state index contributed by atoms with van der Waals surface area (Å²) >= 11 is 0. The molecular formula is C15H25N3O3. The molecule has 21 heavy (non-hydrogen) atoms. The van der Waals surface area contributed by atoms with Gasteiger partial charge in [-0.1, -0.05) is 0 Å². The minimum atomic E-state index is -0.563. The number of hydrogen-bond donors (Lipinski definition) is 1. The monoisotopic (exact) mass is 295 g/mol. The van der Waals surface area contributed by atoms with Crippen LogP contribution in [-0.4, -0.2) is 36.4 Å². The van der Waals surface area contributed by atoms with Gasteiger partial charge in [0.2, 0.25) is 0 Å². The molecule has 0 radical (unpaired) electrons. The molecule has 0 fully saturated rings. The summed E-state index contributed by atoms with van der Waals surface area (Å²) in [6, 6.07) is 3.44. The summed E-state index contributed by atoms with van der Waals surface area (Å²) in [5.41, 5.74) is 6.40. The Kier molecular flexibility index (Phi) is 6.11. The number of nitrogens with two attached hydrogens (primary N) is 1. The zero-order valence-electron chi connectivity index (χ0n) is 13.4. The Hall–Kier alpha value is -1.66. The number of carbonyl (C=O) groups excluding carboxylic acids is 1. The average Bonchev–Trinajstić information content (AvgIpc) is 2.38. The highest BCUT2D eigenvalue weighted by Crippen LogP contribution is 2.20. The van der Waals surface area contributed by atoms with Gasteiger partial charge in [0.05, 0.1) is 30.2 Å². The van der Waals surface area contributed by atoms with Crippen molar-refractivity contribution in [3.8, 4) is 0 Å². The Bertz CT molecular complexity index is 454. The SMILES string of the molecule is COC[C@@H](C)N(C(=O)OC(C)(C)C)c1ccc(CN)nc1. The zero-order chi connectivity index (χ0) is 16.0. The summed E-state index contributed by atoms with van der Waals surface area (Å²) in [6.07, 6.45) is 1.20. The Morgan fingerprint density at radius 2 is 2.10 bits per heavy atom. The molecule has 1 atom stereocenters. The molecule has 0 saturated heterocycles. The van der Waals surface area contributed by atoms with Crippen LogP contribution in [0.1, 0.15) is 33.4 Å². The highest BCUT2D eigenvalue weighted by Gasteiger charge is 2.27. The van der Waals surface area contributed by atoms with Crippen molar-refractivity contribution in [2.24, 2.45) is 5.73 Å². The number of nitrogens with zero attached hydrogens (tertiary/aromatic N) is 2. The first-order chi connectivity index (χ1) is 9.78. The van der Waals surface area contributed by atoms with E-state index < -0.39 is 11.7 Å². The van der Waals surface area contributed by atoms with Gasteiger partial charge >= 0.3 is 6.09 Å². The lowest BCUT2D eigenvalue weighted by Crippen LogP contribution is -2.44. The standard InChI is InChI=1S/C15H25N3O3/c1-11(10-20-5)18(14(19)21-15(2,3)4)13-7-6-12(8-16)17-9-13/h6-7,9,11H,8,10,16H2,1-5H3/t11-/m1/s1. The summed E-state index contributed by atoms with van der Waals surface area (Å²) in [4.78, 5) is 18.2. The summed E-state index contributed by atoms with van der Waals surface area (Å²) < 4.78 is 10.6. The van der Waals surface area contributed by atoms with Gasteiger partial charge < -0.3 is 15.2 Å². The number of methoxy groups -OCH3 is 1. The second kappa shape index (κ2) is 7.38. The molecule has 1 heterocycles. The number of aromatic nitrogens is 1. The maximum Gasteiger partial charge on any atom is 0.415 e. The molecule has 2 N–H and O–H groups in total. The third-order valence-corrected chi connectivity index (χ3v) is 2.74. The van der Waals surface area contributed by atoms with Crippen LogP contribution >= 0.6 is 0 Å². The third-order valence-electron chi connectivity index (χ3n) is 2.74. The predicted molar refractivity (Wildman–Crippen MR) is 82.2 cm³/mol. The van der Waals surface area contributed by atoms with Gasteiger partial charge in [-0.05, 0) is 39.8 Å². The van der Waals surface area contributed by atoms with Crippen LogP contribution in [0, 0.1) is 0 Å². The van der Waals surface area contributed by atoms with Crippen molar-refractivity contribution in [1.82, 2.24) is 4.98 Å². The molecule has 0 saturated carbocycles. The summed E-state index contributed by atoms with van der Waals surface area (Å²) in [7, 11) is 1.60. The first-order valence-corrected chi connectivity index (χ1v) is 6.94. The van der Waals surface area contributed by atoms with E-state index >= 15 is 0 Å². The highest BCUT2D eigenvalue weighted by atomic mass is 16.6. The first-order valence-electron chi connectivity index (χ1n) is 6.94. The smallest absolute Gasteiger partial charge is 0.415 e. The normalized spacial score (nSPS) is 12.9. The largest absolute Gasteiger partial charge is 0.443 e. The molecule has 0 aliphatic carbocycles. The molecule has 0 unspecified atom stereocenters. The minimum absolute atomic E-state index is 0.171. The van der Waals surface area contributed by atoms with Gasteiger partial charge in [-0.3, -0.25) is 9.88 Å². The maximum atomic E-state index is 12.4. The second-order valence-corrected chi connectivity index (χ2v) is 5.87. The van der Waals surface area contributed by atoms with E-state index in [4.69, 9.17) is 15.2 Å². The van der Waals surface area contributed by atoms with E-state index in [0.29, 0.717) is 18.8 Å². The molecule has 1 rings (SSSR count). The molecule has 1 amide bonds. The van der Waals surface area contributed by atoms with E-state index in [-0.39, 0.29) is 6.04 Å². The molecule has 0 aromatic carbocycles. The summed E-state index contributed by atoms with van der Waals surface area (Å²) in [5.74, 6) is 0. The van der Waals surface area contributed by atoms with Crippen molar-refractivity contribution >= 4 is 11.8 Å². The van der Waals surface area contributed by atoms with Crippen molar-refractivity contribution in [1.29, 1.82) is 0 Å². The Morgan fingerprint density at radius 3 is 2.52 bits per heavy atom. The zero-order valence-corrected chi connectivity index (χ0v) is 13.4. The van der Waals surface area contributed by atoms with Crippen molar-refractivity contribution in [2.75, 3.05) is 18.6 Å². The molecule has 1 aromatic rings. The van der Waals surface area contributed by atoms with E-state index in [1.807, 2.05) is 33.8 Å². The van der Waals surface area contributed by atoms with Gasteiger partial charge in [-0.2, -0.15) is 0 Å². The molecule has 118 valence electrons. The van der Waals surface area contributed by atoms with E-state index in [0.717, 1.165) is 5.69 Å². The second-order valence-electron chi connectivity index (χ2n) is 5.87. The van der Waals surface area contributed by atoms with Gasteiger partial charge in [0.15, 0.2) is 0 Å². The van der Waals surface area contributed by atoms with Crippen LogP contribution in [0.25, 0.3) is 0 Å². The molecule has 6 nitrogen and oxygen atoms in total. The molecule has 6 heteroatoms. The van der Waals surface area contributed by atoms with Crippen LogP contribution < -0.4 is 10.6 Å². The lowest BCUT2D eigenvalue weighted by atomic mass is 10.2. The fourth-order valence-electron chi connectivity index (χ4n) is 1.85. The van der Waals surface area contributed by atoms with E-state index in [1.54, 1.807) is 24.3 Å². The molecule has 0 aliphatic rings. The van der Waals surface area contributed by atoms with Gasteiger partial charge in [0.1, 0.15) is 5.60 Å². The van der Waals surface area contributed by atoms with E-state index in [9.17, 15) is 4.79 Å². The molecule has 1 aromatic heterocycles. The van der Waals surface area contributed by atoms with E-state index in [2.05, 4.69) is 4.98 Å². The molecular weight excluding hydrogens is 270 g/mol. The number of anilines is 1. The molecule has 0 aliphatic heterocycles. The maximum absolute atomic E-state index is 12.4. The molecule has 0 bridgehead atoms. The summed E-state index contributed by atoms with van der Waals surface area (Å²) in [5, 5.41) is 0. The first kappa shape index (κ1) is 17.4. The van der Waals surface area contributed by atoms with Crippen LogP contribution in [-0.2, 0) is 16.0 Å². The number of amides is 1. The fraction of sp³-hybridized carbons (Fsp3) is 0.600. The quantitative estimate of drug-likeness (QED) is 0.902. The number of ether oxygens (including phenoxy) is 2. The minimum Gasteiger partial charge on any atom is -0.443 e. The van der Waals surface area contributed by atoms with Gasteiger partial charge in [-0.25, -0.2) is 4.79 Å². The number of pyridine rings is 1. The molecule has 0 spiro atoms. The lowest BCUT2D eigenvalue weighted by molar-refractivity contribution is 0.0547. The highest BCUT2D eigenvalue weighted by molar-refractivity contribution is 5.88. The van der Waals surface area contributed by atoms with Crippen LogP contribution in [0.4, 0.5) is 10.5 Å². The average molecular weight is 295 g/mol. The topological polar surface area (TPSA) is 77.7 Å². The van der Waals surface area contributed by atoms with Crippen molar-refractivity contribution in [2.45, 2.75) is 45.9 Å². The van der Waals surface area contributed by atoms with Crippen molar-refractivity contribution in [3.63, 3.8) is 0 Å². The van der Waals surface area contributed by atoms with Crippen LogP contribution in [0.5, 0.6) is 0 Å². The number of carbonyl (C=O) groups is 1. The van der Waals surface area contributed by atoms with Crippen LogP contribution in [0.15, 0.2) is 18.3 Å². The van der Waals surface area contributed by atoms with Gasteiger partial charge in [0, 0.05) is 13.7 Å². The fourth-order valence-corrected chi connectivity index (χ4v) is 1.85. The van der Waals surface area contributed by atoms with Crippen molar-refractivity contribution < 1.29 is 14.3 Å². The lowest BCUT2D eigenvalue weighted by Gasteiger charge is -2.31. The predicted octanol–water partition coefficient (Wildman–Crippen LogP) is 2.32. The number of hydrogen-bond acceptors (Lipinski definition) is 5. The number of rotatable bonds is 5. The van der Waals surface area contributed by atoms with Crippen molar-refractivity contribution in [3.05, 3.63) is 24.0 Å². The van der Waals surface area contributed by atoms with Crippen LogP contribution in [0.2, 0.25) is 0 Å². The Morgan fingerprint density at radius 1 is 1.43 bits per heavy atom.